The van der Waals surface area contributed by atoms with Crippen molar-refractivity contribution in [2.24, 2.45) is 0 Å². The van der Waals surface area contributed by atoms with Crippen LogP contribution < -0.4 is 0 Å². The molecule has 2 N–H and O–H groups in total. The molecular weight excluding hydrogens is 236 g/mol. The number of aromatic hydroxyl groups is 2. The third kappa shape index (κ3) is 4.15. The Morgan fingerprint density at radius 2 is 1.42 bits per heavy atom. The lowest BCUT2D eigenvalue weighted by atomic mass is 9.90. The Balaban J connectivity index is 3.17. The Hall–Kier alpha value is -1.18. The first-order valence-electron chi connectivity index (χ1n) is 7.71. The number of rotatable bonds is 8. The predicted molar refractivity (Wildman–Crippen MR) is 81.0 cm³/mol. The van der Waals surface area contributed by atoms with Gasteiger partial charge in [0.15, 0.2) is 11.5 Å². The van der Waals surface area contributed by atoms with Gasteiger partial charge < -0.3 is 10.2 Å². The van der Waals surface area contributed by atoms with Gasteiger partial charge in [-0.3, -0.25) is 0 Å². The van der Waals surface area contributed by atoms with E-state index in [1.807, 2.05) is 0 Å². The average molecular weight is 264 g/mol. The molecule has 0 spiro atoms. The van der Waals surface area contributed by atoms with Crippen molar-refractivity contribution < 1.29 is 10.2 Å². The number of unbranched alkanes of at least 4 members (excludes halogenated alkanes) is 2. The van der Waals surface area contributed by atoms with Gasteiger partial charge >= 0.3 is 0 Å². The lowest BCUT2D eigenvalue weighted by Gasteiger charge is -2.17. The monoisotopic (exact) mass is 264 g/mol. The van der Waals surface area contributed by atoms with E-state index in [-0.39, 0.29) is 11.5 Å². The number of hydrogen-bond acceptors (Lipinski definition) is 2. The topological polar surface area (TPSA) is 40.5 Å². The zero-order valence-electron chi connectivity index (χ0n) is 12.6. The van der Waals surface area contributed by atoms with Gasteiger partial charge in [-0.15, -0.1) is 0 Å². The van der Waals surface area contributed by atoms with Crippen molar-refractivity contribution >= 4 is 0 Å². The van der Waals surface area contributed by atoms with Crippen molar-refractivity contribution in [2.45, 2.75) is 72.1 Å². The SMILES string of the molecule is CCCCc1cc(O)c(O)c(CCCC)c1CCC. The summed E-state index contributed by atoms with van der Waals surface area (Å²) in [6.07, 6.45) is 8.37. The standard InChI is InChI=1S/C17H28O2/c1-4-7-10-13-12-16(18)17(19)15(11-8-5-2)14(13)9-6-3/h12,18-19H,4-11H2,1-3H3. The molecule has 0 amide bonds. The summed E-state index contributed by atoms with van der Waals surface area (Å²) in [5.41, 5.74) is 3.49. The summed E-state index contributed by atoms with van der Waals surface area (Å²) in [5, 5.41) is 20.1. The van der Waals surface area contributed by atoms with E-state index in [9.17, 15) is 10.2 Å². The molecule has 2 heteroatoms. The molecule has 0 aliphatic rings. The van der Waals surface area contributed by atoms with Gasteiger partial charge in [-0.05, 0) is 49.3 Å². The highest BCUT2D eigenvalue weighted by Gasteiger charge is 2.16. The van der Waals surface area contributed by atoms with E-state index in [1.54, 1.807) is 6.07 Å². The van der Waals surface area contributed by atoms with Crippen LogP contribution >= 0.6 is 0 Å². The molecule has 1 aromatic carbocycles. The number of hydrogen-bond donors (Lipinski definition) is 2. The van der Waals surface area contributed by atoms with Crippen LogP contribution in [0.3, 0.4) is 0 Å². The normalized spacial score (nSPS) is 10.9. The Labute approximate surface area is 117 Å². The quantitative estimate of drug-likeness (QED) is 0.666. The first kappa shape index (κ1) is 15.9. The second-order valence-corrected chi connectivity index (χ2v) is 5.32. The van der Waals surface area contributed by atoms with Crippen molar-refractivity contribution in [3.63, 3.8) is 0 Å². The van der Waals surface area contributed by atoms with Gasteiger partial charge in [0.05, 0.1) is 0 Å². The van der Waals surface area contributed by atoms with E-state index in [1.165, 1.54) is 11.1 Å². The molecule has 0 fully saturated rings. The molecule has 1 aromatic rings. The Kier molecular flexibility index (Phi) is 6.75. The zero-order chi connectivity index (χ0) is 14.3. The van der Waals surface area contributed by atoms with Crippen molar-refractivity contribution in [3.05, 3.63) is 22.8 Å². The molecule has 0 atom stereocenters. The summed E-state index contributed by atoms with van der Waals surface area (Å²) in [5.74, 6) is 0.161. The highest BCUT2D eigenvalue weighted by molar-refractivity contribution is 5.53. The molecule has 0 heterocycles. The van der Waals surface area contributed by atoms with Crippen LogP contribution in [0.2, 0.25) is 0 Å². The molecule has 1 rings (SSSR count). The van der Waals surface area contributed by atoms with Gasteiger partial charge in [-0.25, -0.2) is 0 Å². The Bertz CT molecular complexity index is 397. The third-order valence-corrected chi connectivity index (χ3v) is 3.67. The Morgan fingerprint density at radius 3 is 2.00 bits per heavy atom. The lowest BCUT2D eigenvalue weighted by Crippen LogP contribution is -2.02. The summed E-state index contributed by atoms with van der Waals surface area (Å²) in [6.45, 7) is 6.49. The zero-order valence-corrected chi connectivity index (χ0v) is 12.6. The number of phenols is 2. The molecule has 0 aliphatic heterocycles. The summed E-state index contributed by atoms with van der Waals surface area (Å²) in [6, 6.07) is 1.77. The molecule has 19 heavy (non-hydrogen) atoms. The summed E-state index contributed by atoms with van der Waals surface area (Å²) >= 11 is 0. The maximum Gasteiger partial charge on any atom is 0.160 e. The Morgan fingerprint density at radius 1 is 0.789 bits per heavy atom. The highest BCUT2D eigenvalue weighted by Crippen LogP contribution is 2.36. The van der Waals surface area contributed by atoms with Crippen LogP contribution in [-0.2, 0) is 19.3 Å². The minimum absolute atomic E-state index is 0.0528. The van der Waals surface area contributed by atoms with E-state index in [4.69, 9.17) is 0 Å². The second-order valence-electron chi connectivity index (χ2n) is 5.32. The van der Waals surface area contributed by atoms with E-state index in [0.717, 1.165) is 56.9 Å². The van der Waals surface area contributed by atoms with Gasteiger partial charge in [-0.2, -0.15) is 0 Å². The third-order valence-electron chi connectivity index (χ3n) is 3.67. The van der Waals surface area contributed by atoms with Gasteiger partial charge in [0.25, 0.3) is 0 Å². The maximum absolute atomic E-state index is 10.1. The second kappa shape index (κ2) is 8.08. The molecule has 0 aliphatic carbocycles. The number of phenolic OH excluding ortho intramolecular Hbond substituents is 2. The van der Waals surface area contributed by atoms with Crippen molar-refractivity contribution in [1.82, 2.24) is 0 Å². The molecule has 0 bridgehead atoms. The number of benzene rings is 1. The molecule has 0 saturated carbocycles. The van der Waals surface area contributed by atoms with Gasteiger partial charge in [0.2, 0.25) is 0 Å². The van der Waals surface area contributed by atoms with Crippen molar-refractivity contribution in [3.8, 4) is 11.5 Å². The summed E-state index contributed by atoms with van der Waals surface area (Å²) in [7, 11) is 0. The maximum atomic E-state index is 10.1. The molecule has 108 valence electrons. The molecule has 0 unspecified atom stereocenters. The highest BCUT2D eigenvalue weighted by atomic mass is 16.3. The van der Waals surface area contributed by atoms with E-state index in [0.29, 0.717) is 0 Å². The van der Waals surface area contributed by atoms with Gasteiger partial charge in [0, 0.05) is 5.56 Å². The van der Waals surface area contributed by atoms with Crippen LogP contribution in [0, 0.1) is 0 Å². The smallest absolute Gasteiger partial charge is 0.160 e. The van der Waals surface area contributed by atoms with Crippen LogP contribution in [-0.4, -0.2) is 10.2 Å². The molecule has 2 nitrogen and oxygen atoms in total. The minimum Gasteiger partial charge on any atom is -0.504 e. The van der Waals surface area contributed by atoms with E-state index >= 15 is 0 Å². The van der Waals surface area contributed by atoms with Crippen LogP contribution in [0.15, 0.2) is 6.07 Å². The van der Waals surface area contributed by atoms with E-state index in [2.05, 4.69) is 20.8 Å². The van der Waals surface area contributed by atoms with Crippen LogP contribution in [0.25, 0.3) is 0 Å². The molecule has 0 radical (unpaired) electrons. The summed E-state index contributed by atoms with van der Waals surface area (Å²) < 4.78 is 0. The fourth-order valence-corrected chi connectivity index (χ4v) is 2.59. The van der Waals surface area contributed by atoms with Crippen molar-refractivity contribution in [1.29, 1.82) is 0 Å². The lowest BCUT2D eigenvalue weighted by molar-refractivity contribution is 0.397. The van der Waals surface area contributed by atoms with Crippen LogP contribution in [0.4, 0.5) is 0 Å². The predicted octanol–water partition coefficient (Wildman–Crippen LogP) is 4.74. The van der Waals surface area contributed by atoms with Crippen LogP contribution in [0.5, 0.6) is 11.5 Å². The molecule has 0 aromatic heterocycles. The summed E-state index contributed by atoms with van der Waals surface area (Å²) in [4.78, 5) is 0. The fraction of sp³-hybridized carbons (Fsp3) is 0.647. The first-order valence-corrected chi connectivity index (χ1v) is 7.71. The molecular formula is C17H28O2. The van der Waals surface area contributed by atoms with E-state index < -0.39 is 0 Å². The van der Waals surface area contributed by atoms with Crippen molar-refractivity contribution in [2.75, 3.05) is 0 Å². The average Bonchev–Trinajstić information content (AvgIpc) is 2.41. The first-order chi connectivity index (χ1) is 9.15. The number of aryl methyl sites for hydroxylation is 1. The fourth-order valence-electron chi connectivity index (χ4n) is 2.59. The van der Waals surface area contributed by atoms with Gasteiger partial charge in [0.1, 0.15) is 0 Å². The minimum atomic E-state index is 0.0528. The van der Waals surface area contributed by atoms with Gasteiger partial charge in [-0.1, -0.05) is 40.0 Å². The van der Waals surface area contributed by atoms with Crippen LogP contribution in [0.1, 0.15) is 69.6 Å². The molecule has 0 saturated heterocycles. The largest absolute Gasteiger partial charge is 0.504 e.